The molecule has 0 aliphatic rings. The Hall–Kier alpha value is 0.270. The van der Waals surface area contributed by atoms with Crippen molar-refractivity contribution in [3.63, 3.8) is 0 Å². The maximum atomic E-state index is 9.49. The zero-order valence-electron chi connectivity index (χ0n) is 7.42. The molecule has 4 nitrogen and oxygen atoms in total. The van der Waals surface area contributed by atoms with Gasteiger partial charge in [-0.1, -0.05) is 0 Å². The first-order valence-electron chi connectivity index (χ1n) is 3.48. The minimum absolute atomic E-state index is 0.283. The van der Waals surface area contributed by atoms with E-state index in [1.165, 1.54) is 21.1 Å². The van der Waals surface area contributed by atoms with E-state index in [2.05, 4.69) is 0 Å². The molecule has 0 amide bonds. The third kappa shape index (κ3) is 2.10. The third-order valence-corrected chi connectivity index (χ3v) is 4.85. The van der Waals surface area contributed by atoms with Gasteiger partial charge in [0.25, 0.3) is 0 Å². The second-order valence-electron chi connectivity index (χ2n) is 2.52. The Balaban J connectivity index is 4.47. The molecule has 0 spiro atoms. The summed E-state index contributed by atoms with van der Waals surface area (Å²) in [6.45, 7) is 3.23. The monoisotopic (exact) mass is 184 g/mol. The zero-order valence-corrected chi connectivity index (χ0v) is 8.42. The number of hydrogen-bond donors (Lipinski definition) is 2. The molecule has 0 aromatic carbocycles. The number of ether oxygens (including phenoxy) is 2. The van der Waals surface area contributed by atoms with Gasteiger partial charge < -0.3 is 0 Å². The van der Waals surface area contributed by atoms with Crippen molar-refractivity contribution in [2.75, 3.05) is 20.4 Å². The summed E-state index contributed by atoms with van der Waals surface area (Å²) in [5, 5.41) is 0. The molecular formula is C6H17O4P. The molecular weight excluding hydrogens is 167 g/mol. The Morgan fingerprint density at radius 1 is 1.27 bits per heavy atom. The first kappa shape index (κ1) is 11.3. The molecule has 0 unspecified atom stereocenters. The first-order valence-corrected chi connectivity index (χ1v) is 5.58. The quantitative estimate of drug-likeness (QED) is 0.494. The topological polar surface area (TPSA) is 58.9 Å². The van der Waals surface area contributed by atoms with Crippen LogP contribution >= 0.6 is 7.72 Å². The molecule has 2 N–H and O–H groups in total. The van der Waals surface area contributed by atoms with Gasteiger partial charge in [0.2, 0.25) is 0 Å². The van der Waals surface area contributed by atoms with Crippen LogP contribution in [0.25, 0.3) is 0 Å². The van der Waals surface area contributed by atoms with Crippen LogP contribution < -0.4 is 0 Å². The van der Waals surface area contributed by atoms with Gasteiger partial charge >= 0.3 is 66.7 Å². The van der Waals surface area contributed by atoms with Crippen LogP contribution in [-0.4, -0.2) is 35.7 Å². The molecule has 0 rings (SSSR count). The normalized spacial score (nSPS) is 15.1. The van der Waals surface area contributed by atoms with Gasteiger partial charge in [-0.2, -0.15) is 0 Å². The molecule has 0 aliphatic carbocycles. The van der Waals surface area contributed by atoms with E-state index in [1.807, 2.05) is 0 Å². The predicted molar refractivity (Wildman–Crippen MR) is 45.7 cm³/mol. The molecule has 5 heteroatoms. The Bertz CT molecular complexity index is 122. The molecule has 0 aliphatic heterocycles. The van der Waals surface area contributed by atoms with E-state index in [-0.39, 0.29) is 6.16 Å². The van der Waals surface area contributed by atoms with E-state index in [0.29, 0.717) is 0 Å². The summed E-state index contributed by atoms with van der Waals surface area (Å²) < 4.78 is 9.76. The van der Waals surface area contributed by atoms with Crippen molar-refractivity contribution >= 4 is 7.72 Å². The average molecular weight is 184 g/mol. The summed E-state index contributed by atoms with van der Waals surface area (Å²) in [4.78, 5) is 19.0. The Kier molecular flexibility index (Phi) is 3.88. The van der Waals surface area contributed by atoms with Crippen molar-refractivity contribution in [3.05, 3.63) is 0 Å². The molecule has 70 valence electrons. The second-order valence-corrected chi connectivity index (χ2v) is 5.77. The summed E-state index contributed by atoms with van der Waals surface area (Å²) in [7, 11) is -0.583. The molecule has 0 aromatic heterocycles. The fourth-order valence-electron chi connectivity index (χ4n) is 0.731. The third-order valence-electron chi connectivity index (χ3n) is 2.00. The van der Waals surface area contributed by atoms with Crippen LogP contribution in [-0.2, 0) is 9.47 Å². The summed E-state index contributed by atoms with van der Waals surface area (Å²) in [5.41, 5.74) is -1.22. The van der Waals surface area contributed by atoms with Gasteiger partial charge in [0, 0.05) is 0 Å². The van der Waals surface area contributed by atoms with Crippen LogP contribution in [0.15, 0.2) is 0 Å². The van der Waals surface area contributed by atoms with Gasteiger partial charge in [-0.25, -0.2) is 0 Å². The van der Waals surface area contributed by atoms with Crippen molar-refractivity contribution in [3.8, 4) is 0 Å². The van der Waals surface area contributed by atoms with Gasteiger partial charge in [0.15, 0.2) is 0 Å². The van der Waals surface area contributed by atoms with Crippen LogP contribution in [0, 0.1) is 0 Å². The fourth-order valence-corrected chi connectivity index (χ4v) is 2.03. The standard InChI is InChI=1S/C6H17O4P/c1-5-11(7,8)6(2,9-3)10-4/h7-8,11H,5H2,1-4H3. The number of rotatable bonds is 4. The van der Waals surface area contributed by atoms with Crippen molar-refractivity contribution in [2.45, 2.75) is 19.4 Å². The summed E-state index contributed by atoms with van der Waals surface area (Å²) in [6, 6.07) is 0. The number of methoxy groups -OCH3 is 2. The molecule has 0 atom stereocenters. The average Bonchev–Trinajstić information content (AvgIpc) is 2.02. The molecule has 0 saturated carbocycles. The fraction of sp³-hybridized carbons (Fsp3) is 1.00. The molecule has 11 heavy (non-hydrogen) atoms. The molecule has 0 saturated heterocycles. The van der Waals surface area contributed by atoms with Crippen molar-refractivity contribution in [1.29, 1.82) is 0 Å². The van der Waals surface area contributed by atoms with Gasteiger partial charge in [0.05, 0.1) is 0 Å². The van der Waals surface area contributed by atoms with E-state index in [4.69, 9.17) is 9.47 Å². The Labute approximate surface area is 67.6 Å². The zero-order chi connectivity index (χ0) is 9.12. The summed E-state index contributed by atoms with van der Waals surface area (Å²) >= 11 is 0. The minimum atomic E-state index is -3.38. The van der Waals surface area contributed by atoms with E-state index >= 15 is 0 Å². The number of hydrogen-bond acceptors (Lipinski definition) is 4. The van der Waals surface area contributed by atoms with E-state index in [0.717, 1.165) is 0 Å². The van der Waals surface area contributed by atoms with E-state index in [9.17, 15) is 9.79 Å². The molecule has 0 bridgehead atoms. The van der Waals surface area contributed by atoms with Crippen LogP contribution in [0.1, 0.15) is 13.8 Å². The van der Waals surface area contributed by atoms with Crippen LogP contribution in [0.2, 0.25) is 0 Å². The van der Waals surface area contributed by atoms with Crippen molar-refractivity contribution < 1.29 is 19.3 Å². The van der Waals surface area contributed by atoms with Crippen LogP contribution in [0.5, 0.6) is 0 Å². The van der Waals surface area contributed by atoms with Gasteiger partial charge in [-0.05, 0) is 0 Å². The van der Waals surface area contributed by atoms with Crippen molar-refractivity contribution in [2.24, 2.45) is 0 Å². The maximum absolute atomic E-state index is 9.49. The van der Waals surface area contributed by atoms with E-state index in [1.54, 1.807) is 6.92 Å². The SMILES string of the molecule is CC[PH](O)(O)C(C)(OC)OC. The molecule has 0 radical (unpaired) electrons. The van der Waals surface area contributed by atoms with Gasteiger partial charge in [-0.3, -0.25) is 0 Å². The van der Waals surface area contributed by atoms with Crippen molar-refractivity contribution in [1.82, 2.24) is 0 Å². The second kappa shape index (κ2) is 3.78. The van der Waals surface area contributed by atoms with E-state index < -0.39 is 13.2 Å². The Morgan fingerprint density at radius 2 is 1.64 bits per heavy atom. The molecule has 0 heterocycles. The van der Waals surface area contributed by atoms with Crippen LogP contribution in [0.4, 0.5) is 0 Å². The summed E-state index contributed by atoms with van der Waals surface area (Å²) in [5.74, 6) is 0. The first-order chi connectivity index (χ1) is 4.93. The summed E-state index contributed by atoms with van der Waals surface area (Å²) in [6.07, 6.45) is 0.283. The molecule has 0 aromatic rings. The van der Waals surface area contributed by atoms with Gasteiger partial charge in [-0.15, -0.1) is 0 Å². The molecule has 0 fully saturated rings. The van der Waals surface area contributed by atoms with Gasteiger partial charge in [0.1, 0.15) is 0 Å². The van der Waals surface area contributed by atoms with Crippen LogP contribution in [0.3, 0.4) is 0 Å². The predicted octanol–water partition coefficient (Wildman–Crippen LogP) is 0.537. The Morgan fingerprint density at radius 3 is 1.73 bits per heavy atom.